The highest BCUT2D eigenvalue weighted by atomic mass is 19.1. The summed E-state index contributed by atoms with van der Waals surface area (Å²) in [6, 6.07) is 4.22. The first-order valence-corrected chi connectivity index (χ1v) is 5.60. The van der Waals surface area contributed by atoms with Crippen LogP contribution >= 0.6 is 0 Å². The molecule has 3 heteroatoms. The number of hydrogen-bond donors (Lipinski definition) is 1. The van der Waals surface area contributed by atoms with Crippen LogP contribution in [0.25, 0.3) is 0 Å². The van der Waals surface area contributed by atoms with E-state index in [1.807, 2.05) is 0 Å². The first kappa shape index (κ1) is 13.0. The van der Waals surface area contributed by atoms with E-state index < -0.39 is 6.10 Å². The molecule has 0 heterocycles. The van der Waals surface area contributed by atoms with Gasteiger partial charge in [-0.05, 0) is 30.5 Å². The predicted octanol–water partition coefficient (Wildman–Crippen LogP) is 3.30. The summed E-state index contributed by atoms with van der Waals surface area (Å²) in [5.74, 6) is 0.596. The summed E-state index contributed by atoms with van der Waals surface area (Å²) < 4.78 is 18.2. The molecule has 1 aromatic carbocycles. The Morgan fingerprint density at radius 1 is 1.44 bits per heavy atom. The third-order valence-corrected chi connectivity index (χ3v) is 2.87. The lowest BCUT2D eigenvalue weighted by Crippen LogP contribution is -2.06. The maximum atomic E-state index is 13.1. The molecule has 0 aliphatic heterocycles. The number of aliphatic hydroxyl groups excluding tert-OH is 1. The molecule has 1 rings (SSSR count). The fraction of sp³-hybridized carbons (Fsp3) is 0.538. The van der Waals surface area contributed by atoms with Crippen LogP contribution in [0.3, 0.4) is 0 Å². The smallest absolute Gasteiger partial charge is 0.124 e. The molecule has 16 heavy (non-hydrogen) atoms. The maximum Gasteiger partial charge on any atom is 0.124 e. The zero-order valence-electron chi connectivity index (χ0n) is 10.0. The average molecular weight is 226 g/mol. The molecule has 2 nitrogen and oxygen atoms in total. The normalized spacial score (nSPS) is 14.6. The first-order chi connectivity index (χ1) is 7.58. The van der Waals surface area contributed by atoms with Crippen LogP contribution in [0.5, 0.6) is 5.75 Å². The molecule has 0 spiro atoms. The monoisotopic (exact) mass is 226 g/mol. The number of ether oxygens (including phenoxy) is 1. The molecule has 0 radical (unpaired) electrons. The number of methoxy groups -OCH3 is 1. The van der Waals surface area contributed by atoms with E-state index in [4.69, 9.17) is 4.74 Å². The molecular weight excluding hydrogens is 207 g/mol. The number of hydrogen-bond acceptors (Lipinski definition) is 2. The van der Waals surface area contributed by atoms with Crippen LogP contribution in [-0.4, -0.2) is 12.2 Å². The number of aliphatic hydroxyl groups is 1. The molecule has 0 aliphatic rings. The lowest BCUT2D eigenvalue weighted by molar-refractivity contribution is 0.142. The standard InChI is InChI=1S/C13H19FO2/c1-4-9(2)7-12(15)11-8-10(14)5-6-13(11)16-3/h5-6,8-9,12,15H,4,7H2,1-3H3. The van der Waals surface area contributed by atoms with E-state index in [1.54, 1.807) is 6.07 Å². The van der Waals surface area contributed by atoms with Crippen LogP contribution in [0, 0.1) is 11.7 Å². The summed E-state index contributed by atoms with van der Waals surface area (Å²) in [6.45, 7) is 4.13. The number of benzene rings is 1. The molecule has 2 atom stereocenters. The van der Waals surface area contributed by atoms with Crippen molar-refractivity contribution < 1.29 is 14.2 Å². The van der Waals surface area contributed by atoms with Gasteiger partial charge in [0.25, 0.3) is 0 Å². The second kappa shape index (κ2) is 5.85. The van der Waals surface area contributed by atoms with Crippen molar-refractivity contribution in [2.24, 2.45) is 5.92 Å². The Balaban J connectivity index is 2.88. The molecular formula is C13H19FO2. The van der Waals surface area contributed by atoms with Crippen LogP contribution in [0.2, 0.25) is 0 Å². The fourth-order valence-electron chi connectivity index (χ4n) is 1.64. The van der Waals surface area contributed by atoms with Crippen molar-refractivity contribution in [2.75, 3.05) is 7.11 Å². The molecule has 90 valence electrons. The lowest BCUT2D eigenvalue weighted by Gasteiger charge is -2.17. The summed E-state index contributed by atoms with van der Waals surface area (Å²) in [5.41, 5.74) is 0.530. The van der Waals surface area contributed by atoms with Gasteiger partial charge in [-0.25, -0.2) is 4.39 Å². The second-order valence-electron chi connectivity index (χ2n) is 4.15. The highest BCUT2D eigenvalue weighted by Gasteiger charge is 2.16. The molecule has 0 fully saturated rings. The van der Waals surface area contributed by atoms with Crippen LogP contribution in [-0.2, 0) is 0 Å². The summed E-state index contributed by atoms with van der Waals surface area (Å²) in [4.78, 5) is 0. The van der Waals surface area contributed by atoms with Gasteiger partial charge in [-0.2, -0.15) is 0 Å². The van der Waals surface area contributed by atoms with Crippen LogP contribution in [0.4, 0.5) is 4.39 Å². The average Bonchev–Trinajstić information content (AvgIpc) is 2.28. The summed E-state index contributed by atoms with van der Waals surface area (Å²) in [5, 5.41) is 10.0. The summed E-state index contributed by atoms with van der Waals surface area (Å²) in [7, 11) is 1.52. The third-order valence-electron chi connectivity index (χ3n) is 2.87. The van der Waals surface area contributed by atoms with Gasteiger partial charge >= 0.3 is 0 Å². The maximum absolute atomic E-state index is 13.1. The fourth-order valence-corrected chi connectivity index (χ4v) is 1.64. The van der Waals surface area contributed by atoms with Gasteiger partial charge in [-0.15, -0.1) is 0 Å². The molecule has 1 N–H and O–H groups in total. The minimum Gasteiger partial charge on any atom is -0.496 e. The molecule has 1 aromatic rings. The molecule has 2 unspecified atom stereocenters. The van der Waals surface area contributed by atoms with Gasteiger partial charge in [0.1, 0.15) is 11.6 Å². The van der Waals surface area contributed by atoms with E-state index in [9.17, 15) is 9.50 Å². The molecule has 0 saturated heterocycles. The molecule has 0 aliphatic carbocycles. The van der Waals surface area contributed by atoms with Crippen LogP contribution < -0.4 is 4.74 Å². The highest BCUT2D eigenvalue weighted by Crippen LogP contribution is 2.30. The largest absolute Gasteiger partial charge is 0.496 e. The molecule has 0 saturated carbocycles. The van der Waals surface area contributed by atoms with Crippen molar-refractivity contribution in [3.8, 4) is 5.75 Å². The van der Waals surface area contributed by atoms with E-state index in [0.717, 1.165) is 6.42 Å². The van der Waals surface area contributed by atoms with Gasteiger partial charge in [-0.3, -0.25) is 0 Å². The topological polar surface area (TPSA) is 29.5 Å². The van der Waals surface area contributed by atoms with Gasteiger partial charge in [0.05, 0.1) is 13.2 Å². The Labute approximate surface area is 96.1 Å². The molecule has 0 bridgehead atoms. The Bertz CT molecular complexity index is 339. The minimum atomic E-state index is -0.666. The van der Waals surface area contributed by atoms with Gasteiger partial charge in [0.2, 0.25) is 0 Å². The van der Waals surface area contributed by atoms with Crippen LogP contribution in [0.1, 0.15) is 38.4 Å². The molecule has 0 aromatic heterocycles. The van der Waals surface area contributed by atoms with E-state index in [2.05, 4.69) is 13.8 Å². The third kappa shape index (κ3) is 3.20. The van der Waals surface area contributed by atoms with Crippen molar-refractivity contribution in [3.63, 3.8) is 0 Å². The van der Waals surface area contributed by atoms with E-state index >= 15 is 0 Å². The van der Waals surface area contributed by atoms with Crippen molar-refractivity contribution in [1.29, 1.82) is 0 Å². The van der Waals surface area contributed by atoms with E-state index in [0.29, 0.717) is 23.7 Å². The van der Waals surface area contributed by atoms with Gasteiger partial charge in [0, 0.05) is 5.56 Å². The van der Waals surface area contributed by atoms with Crippen molar-refractivity contribution in [2.45, 2.75) is 32.8 Å². The van der Waals surface area contributed by atoms with Crippen molar-refractivity contribution in [3.05, 3.63) is 29.6 Å². The Kier molecular flexibility index (Phi) is 4.74. The van der Waals surface area contributed by atoms with Crippen LogP contribution in [0.15, 0.2) is 18.2 Å². The quantitative estimate of drug-likeness (QED) is 0.834. The predicted molar refractivity (Wildman–Crippen MR) is 62.0 cm³/mol. The number of halogens is 1. The Hall–Kier alpha value is -1.09. The second-order valence-corrected chi connectivity index (χ2v) is 4.15. The van der Waals surface area contributed by atoms with E-state index in [-0.39, 0.29) is 5.82 Å². The first-order valence-electron chi connectivity index (χ1n) is 5.60. The zero-order valence-corrected chi connectivity index (χ0v) is 10.0. The number of rotatable bonds is 5. The highest BCUT2D eigenvalue weighted by molar-refractivity contribution is 5.35. The van der Waals surface area contributed by atoms with Crippen molar-refractivity contribution >= 4 is 0 Å². The summed E-state index contributed by atoms with van der Waals surface area (Å²) >= 11 is 0. The van der Waals surface area contributed by atoms with Gasteiger partial charge in [-0.1, -0.05) is 20.3 Å². The van der Waals surface area contributed by atoms with Gasteiger partial charge < -0.3 is 9.84 Å². The molecule has 0 amide bonds. The van der Waals surface area contributed by atoms with E-state index in [1.165, 1.54) is 19.2 Å². The lowest BCUT2D eigenvalue weighted by atomic mass is 9.96. The Morgan fingerprint density at radius 3 is 2.69 bits per heavy atom. The Morgan fingerprint density at radius 2 is 2.12 bits per heavy atom. The zero-order chi connectivity index (χ0) is 12.1. The minimum absolute atomic E-state index is 0.348. The van der Waals surface area contributed by atoms with Gasteiger partial charge in [0.15, 0.2) is 0 Å². The summed E-state index contributed by atoms with van der Waals surface area (Å²) in [6.07, 6.45) is 0.950. The van der Waals surface area contributed by atoms with Crippen molar-refractivity contribution in [1.82, 2.24) is 0 Å². The SMILES string of the molecule is CCC(C)CC(O)c1cc(F)ccc1OC.